The zero-order valence-electron chi connectivity index (χ0n) is 37.6. The van der Waals surface area contributed by atoms with Crippen molar-refractivity contribution in [1.82, 2.24) is 4.57 Å². The molecule has 0 bridgehead atoms. The van der Waals surface area contributed by atoms with E-state index in [4.69, 9.17) is 0 Å². The maximum Gasteiger partial charge on any atom is 0.0714 e. The minimum absolute atomic E-state index is 0.0885. The normalized spacial score (nSPS) is 15.3. The lowest BCUT2D eigenvalue weighted by atomic mass is 9.63. The average molecular weight is 837 g/mol. The summed E-state index contributed by atoms with van der Waals surface area (Å²) in [6.07, 6.45) is 2.36. The second kappa shape index (κ2) is 14.8. The molecule has 0 atom stereocenters. The molecular weight excluding hydrogens is 785 g/mol. The molecule has 12 rings (SSSR count). The van der Waals surface area contributed by atoms with Crippen LogP contribution in [0.5, 0.6) is 0 Å². The topological polar surface area (TPSA) is 8.17 Å². The van der Waals surface area contributed by atoms with Gasteiger partial charge in [0.05, 0.1) is 22.1 Å². The Kier molecular flexibility index (Phi) is 8.94. The number of rotatable bonds is 7. The molecule has 0 aliphatic heterocycles. The molecule has 1 aromatic heterocycles. The summed E-state index contributed by atoms with van der Waals surface area (Å²) in [5, 5.41) is 2.50. The first-order valence-electron chi connectivity index (χ1n) is 23.2. The lowest BCUT2D eigenvalue weighted by Gasteiger charge is -2.42. The van der Waals surface area contributed by atoms with Crippen molar-refractivity contribution in [2.75, 3.05) is 4.90 Å². The Morgan fingerprint density at radius 2 is 0.954 bits per heavy atom. The maximum absolute atomic E-state index is 2.51. The number of fused-ring (bicyclic) bond motifs is 7. The highest BCUT2D eigenvalue weighted by atomic mass is 15.1. The molecule has 0 saturated carbocycles. The first-order valence-corrected chi connectivity index (χ1v) is 23.2. The van der Waals surface area contributed by atoms with Crippen LogP contribution in [0.25, 0.3) is 49.7 Å². The number of anilines is 3. The molecule has 2 heteroatoms. The van der Waals surface area contributed by atoms with Crippen LogP contribution < -0.4 is 4.90 Å². The Labute approximate surface area is 383 Å². The molecule has 1 heterocycles. The smallest absolute Gasteiger partial charge is 0.0714 e. The summed E-state index contributed by atoms with van der Waals surface area (Å²) in [5.74, 6) is 0. The predicted molar refractivity (Wildman–Crippen MR) is 273 cm³/mol. The van der Waals surface area contributed by atoms with E-state index in [-0.39, 0.29) is 10.8 Å². The highest BCUT2D eigenvalue weighted by Gasteiger charge is 2.46. The zero-order valence-corrected chi connectivity index (χ0v) is 37.6. The van der Waals surface area contributed by atoms with Crippen LogP contribution in [0.1, 0.15) is 73.9 Å². The summed E-state index contributed by atoms with van der Waals surface area (Å²) in [6, 6.07) is 81.6. The summed E-state index contributed by atoms with van der Waals surface area (Å²) >= 11 is 0. The van der Waals surface area contributed by atoms with Gasteiger partial charge in [-0.25, -0.2) is 0 Å². The molecule has 9 aromatic carbocycles. The molecule has 314 valence electrons. The molecule has 2 nitrogen and oxygen atoms in total. The molecule has 65 heavy (non-hydrogen) atoms. The van der Waals surface area contributed by atoms with Crippen molar-refractivity contribution in [3.8, 4) is 27.9 Å². The van der Waals surface area contributed by atoms with Gasteiger partial charge in [0.15, 0.2) is 0 Å². The van der Waals surface area contributed by atoms with Crippen LogP contribution in [0.15, 0.2) is 218 Å². The highest BCUT2D eigenvalue weighted by Crippen LogP contribution is 2.57. The van der Waals surface area contributed by atoms with E-state index < -0.39 is 5.41 Å². The molecule has 0 saturated heterocycles. The average Bonchev–Trinajstić information content (AvgIpc) is 3.84. The van der Waals surface area contributed by atoms with Gasteiger partial charge in [-0.2, -0.15) is 0 Å². The van der Waals surface area contributed by atoms with Crippen LogP contribution in [-0.2, 0) is 16.2 Å². The third kappa shape index (κ3) is 6.00. The maximum atomic E-state index is 2.51. The summed E-state index contributed by atoms with van der Waals surface area (Å²) in [4.78, 5) is 2.50. The monoisotopic (exact) mass is 836 g/mol. The molecule has 2 aliphatic carbocycles. The quantitative estimate of drug-likeness (QED) is 0.155. The van der Waals surface area contributed by atoms with Gasteiger partial charge in [-0.3, -0.25) is 0 Å². The Hall–Kier alpha value is -7.42. The summed E-state index contributed by atoms with van der Waals surface area (Å²) in [5.41, 5.74) is 19.6. The van der Waals surface area contributed by atoms with Gasteiger partial charge in [-0.1, -0.05) is 198 Å². The van der Waals surface area contributed by atoms with E-state index in [1.807, 2.05) is 0 Å². The van der Waals surface area contributed by atoms with Crippen LogP contribution >= 0.6 is 0 Å². The zero-order chi connectivity index (χ0) is 43.9. The van der Waals surface area contributed by atoms with Crippen LogP contribution in [0, 0.1) is 0 Å². The highest BCUT2D eigenvalue weighted by molar-refractivity contribution is 6.10. The van der Waals surface area contributed by atoms with E-state index in [1.165, 1.54) is 96.0 Å². The van der Waals surface area contributed by atoms with E-state index in [9.17, 15) is 0 Å². The Balaban J connectivity index is 1.13. The Morgan fingerprint density at radius 3 is 1.69 bits per heavy atom. The molecule has 0 N–H and O–H groups in total. The Morgan fingerprint density at radius 1 is 0.385 bits per heavy atom. The summed E-state index contributed by atoms with van der Waals surface area (Å²) in [6.45, 7) is 9.68. The van der Waals surface area contributed by atoms with Gasteiger partial charge < -0.3 is 9.47 Å². The number of aromatic nitrogens is 1. The van der Waals surface area contributed by atoms with Gasteiger partial charge in [0.1, 0.15) is 0 Å². The van der Waals surface area contributed by atoms with Crippen molar-refractivity contribution in [2.45, 2.75) is 56.8 Å². The van der Waals surface area contributed by atoms with Gasteiger partial charge in [-0.15, -0.1) is 0 Å². The summed E-state index contributed by atoms with van der Waals surface area (Å²) in [7, 11) is 0. The second-order valence-electron chi connectivity index (χ2n) is 19.5. The van der Waals surface area contributed by atoms with Crippen molar-refractivity contribution in [2.24, 2.45) is 0 Å². The first kappa shape index (κ1) is 39.2. The molecule has 2 aliphatic rings. The van der Waals surface area contributed by atoms with Crippen LogP contribution in [0.3, 0.4) is 0 Å². The second-order valence-corrected chi connectivity index (χ2v) is 19.5. The third-order valence-corrected chi connectivity index (χ3v) is 14.9. The minimum atomic E-state index is -0.528. The van der Waals surface area contributed by atoms with E-state index in [0.29, 0.717) is 0 Å². The Bertz CT molecular complexity index is 3400. The van der Waals surface area contributed by atoms with Gasteiger partial charge in [0.2, 0.25) is 0 Å². The molecule has 0 spiro atoms. The number of hydrogen-bond donors (Lipinski definition) is 0. The summed E-state index contributed by atoms with van der Waals surface area (Å²) < 4.78 is 2.51. The predicted octanol–water partition coefficient (Wildman–Crippen LogP) is 16.6. The standard InChI is InChI=1S/C63H52N2/c1-61(2)38-39-62(3,4)57-41-47(35-37-56(57)61)65-59-33-18-14-29-52(59)53-36-34-48(42-60(53)65)64(58-32-17-13-26-49(58)43-20-7-5-8-21-43)46-25-19-24-45(40-46)63(44-22-9-6-10-23-44)54-30-15-11-27-50(54)51-28-12-16-31-55(51)63/h5-37,40-42H,38-39H2,1-4H3. The molecule has 0 unspecified atom stereocenters. The van der Waals surface area contributed by atoms with E-state index in [2.05, 4.69) is 256 Å². The molecule has 0 fully saturated rings. The largest absolute Gasteiger partial charge is 0.310 e. The van der Waals surface area contributed by atoms with Gasteiger partial charge >= 0.3 is 0 Å². The molecule has 0 radical (unpaired) electrons. The molecule has 0 amide bonds. The van der Waals surface area contributed by atoms with Crippen molar-refractivity contribution in [3.63, 3.8) is 0 Å². The van der Waals surface area contributed by atoms with E-state index >= 15 is 0 Å². The number of benzene rings is 9. The van der Waals surface area contributed by atoms with Crippen molar-refractivity contribution < 1.29 is 0 Å². The van der Waals surface area contributed by atoms with Gasteiger partial charge in [0.25, 0.3) is 0 Å². The van der Waals surface area contributed by atoms with E-state index in [1.54, 1.807) is 0 Å². The SMILES string of the molecule is CC1(C)CCC(C)(C)c2cc(-n3c4ccccc4c4ccc(N(c5cccc(C6(c7ccccc7)c7ccccc7-c7ccccc76)c5)c5ccccc5-c5ccccc5)cc43)ccc21. The minimum Gasteiger partial charge on any atom is -0.310 e. The molecule has 10 aromatic rings. The fourth-order valence-corrected chi connectivity index (χ4v) is 11.6. The van der Waals surface area contributed by atoms with Crippen molar-refractivity contribution >= 4 is 38.9 Å². The van der Waals surface area contributed by atoms with Crippen LogP contribution in [-0.4, -0.2) is 4.57 Å². The lowest BCUT2D eigenvalue weighted by Crippen LogP contribution is -2.33. The lowest BCUT2D eigenvalue weighted by molar-refractivity contribution is 0.332. The van der Waals surface area contributed by atoms with Crippen LogP contribution in [0.4, 0.5) is 17.1 Å². The fraction of sp³-hybridized carbons (Fsp3) is 0.143. The molecular formula is C63H52N2. The van der Waals surface area contributed by atoms with E-state index in [0.717, 1.165) is 17.1 Å². The first-order chi connectivity index (χ1) is 31.7. The van der Waals surface area contributed by atoms with Crippen molar-refractivity contribution in [1.29, 1.82) is 0 Å². The van der Waals surface area contributed by atoms with Crippen LogP contribution in [0.2, 0.25) is 0 Å². The number of para-hydroxylation sites is 2. The van der Waals surface area contributed by atoms with Gasteiger partial charge in [-0.05, 0) is 122 Å². The fourth-order valence-electron chi connectivity index (χ4n) is 11.6. The third-order valence-electron chi connectivity index (χ3n) is 14.9. The van der Waals surface area contributed by atoms with Gasteiger partial charge in [0, 0.05) is 33.4 Å². The number of nitrogens with zero attached hydrogens (tertiary/aromatic N) is 2. The number of hydrogen-bond acceptors (Lipinski definition) is 1. The van der Waals surface area contributed by atoms with Crippen molar-refractivity contribution in [3.05, 3.63) is 252 Å².